The van der Waals surface area contributed by atoms with E-state index in [-0.39, 0.29) is 11.9 Å². The molecule has 0 radical (unpaired) electrons. The zero-order chi connectivity index (χ0) is 19.4. The molecule has 0 unspecified atom stereocenters. The molecule has 1 atom stereocenters. The molecule has 0 spiro atoms. The average Bonchev–Trinajstić information content (AvgIpc) is 3.27. The number of carbonyl (C=O) groups is 1. The highest BCUT2D eigenvalue weighted by atomic mass is 32.1. The molecule has 1 aliphatic heterocycles. The summed E-state index contributed by atoms with van der Waals surface area (Å²) >= 11 is 1.73. The van der Waals surface area contributed by atoms with Gasteiger partial charge in [-0.05, 0) is 19.8 Å². The lowest BCUT2D eigenvalue weighted by Crippen LogP contribution is -2.50. The van der Waals surface area contributed by atoms with Gasteiger partial charge >= 0.3 is 0 Å². The average molecular weight is 384 g/mol. The van der Waals surface area contributed by atoms with Crippen LogP contribution in [0.2, 0.25) is 0 Å². The Kier molecular flexibility index (Phi) is 5.93. The van der Waals surface area contributed by atoms with E-state index in [9.17, 15) is 10.1 Å². The van der Waals surface area contributed by atoms with Gasteiger partial charge in [0.2, 0.25) is 0 Å². The van der Waals surface area contributed by atoms with Crippen LogP contribution < -0.4 is 0 Å². The summed E-state index contributed by atoms with van der Waals surface area (Å²) in [6.07, 6.45) is 2.57. The molecule has 1 saturated heterocycles. The van der Waals surface area contributed by atoms with Crippen LogP contribution in [0, 0.1) is 18.3 Å². The minimum atomic E-state index is -0.244. The summed E-state index contributed by atoms with van der Waals surface area (Å²) in [5.74, 6) is 0.0871. The number of carbonyl (C=O) groups excluding carboxylic acids is 1. The first-order valence-corrected chi connectivity index (χ1v) is 10.2. The quantitative estimate of drug-likeness (QED) is 0.720. The minimum Gasteiger partial charge on any atom is -0.322 e. The van der Waals surface area contributed by atoms with E-state index in [0.29, 0.717) is 17.6 Å². The van der Waals surface area contributed by atoms with Gasteiger partial charge in [0.05, 0.1) is 32.4 Å². The Labute approximate surface area is 165 Å². The smallest absolute Gasteiger partial charge is 0.278 e. The van der Waals surface area contributed by atoms with Gasteiger partial charge in [-0.1, -0.05) is 30.3 Å². The lowest BCUT2D eigenvalue weighted by molar-refractivity contribution is -0.882. The van der Waals surface area contributed by atoms with E-state index in [0.717, 1.165) is 42.1 Å². The van der Waals surface area contributed by atoms with Gasteiger partial charge in [0.25, 0.3) is 5.91 Å². The summed E-state index contributed by atoms with van der Waals surface area (Å²) in [7, 11) is 4.16. The Morgan fingerprint density at radius 3 is 2.81 bits per heavy atom. The molecule has 0 aliphatic carbocycles. The standard InChI is InChI=1S/C21H27N4OS/c1-16-19(23-21(27-16)17-8-5-4-6-9-17)11-13-25(2,3)15-20(26)24-12-7-10-18(24)14-22/h4-6,8-9,18H,7,10-13,15H2,1-3H3/q+1/t18-/m0/s1. The summed E-state index contributed by atoms with van der Waals surface area (Å²) in [5, 5.41) is 10.3. The summed E-state index contributed by atoms with van der Waals surface area (Å²) in [6.45, 7) is 4.09. The largest absolute Gasteiger partial charge is 0.322 e. The summed E-state index contributed by atoms with van der Waals surface area (Å²) in [4.78, 5) is 20.5. The predicted octanol–water partition coefficient (Wildman–Crippen LogP) is 3.25. The van der Waals surface area contributed by atoms with Crippen LogP contribution in [0.4, 0.5) is 0 Å². The number of benzene rings is 1. The molecule has 1 aliphatic rings. The fourth-order valence-electron chi connectivity index (χ4n) is 3.51. The SMILES string of the molecule is Cc1sc(-c2ccccc2)nc1CC[N+](C)(C)CC(=O)N1CCC[C@H]1C#N. The van der Waals surface area contributed by atoms with Crippen LogP contribution in [-0.2, 0) is 11.2 Å². The van der Waals surface area contributed by atoms with Crippen molar-refractivity contribution in [3.63, 3.8) is 0 Å². The van der Waals surface area contributed by atoms with Crippen molar-refractivity contribution < 1.29 is 9.28 Å². The van der Waals surface area contributed by atoms with Crippen molar-refractivity contribution in [3.05, 3.63) is 40.9 Å². The van der Waals surface area contributed by atoms with Gasteiger partial charge in [0, 0.05) is 23.4 Å². The van der Waals surface area contributed by atoms with Crippen molar-refractivity contribution >= 4 is 17.2 Å². The molecule has 6 heteroatoms. The highest BCUT2D eigenvalue weighted by Gasteiger charge is 2.32. The molecule has 1 aromatic heterocycles. The van der Waals surface area contributed by atoms with Crippen LogP contribution in [0.25, 0.3) is 10.6 Å². The summed E-state index contributed by atoms with van der Waals surface area (Å²) in [5.41, 5.74) is 2.27. The van der Waals surface area contributed by atoms with E-state index in [1.165, 1.54) is 4.88 Å². The molecule has 2 aromatic rings. The first kappa shape index (κ1) is 19.5. The number of likely N-dealkylation sites (tertiary alicyclic amines) is 1. The van der Waals surface area contributed by atoms with E-state index < -0.39 is 0 Å². The Hall–Kier alpha value is -2.23. The maximum Gasteiger partial charge on any atom is 0.278 e. The first-order valence-electron chi connectivity index (χ1n) is 9.42. The van der Waals surface area contributed by atoms with Crippen molar-refractivity contribution in [1.82, 2.24) is 9.88 Å². The van der Waals surface area contributed by atoms with Crippen LogP contribution in [0.3, 0.4) is 0 Å². The maximum atomic E-state index is 12.6. The van der Waals surface area contributed by atoms with Crippen molar-refractivity contribution in [2.45, 2.75) is 32.2 Å². The Morgan fingerprint density at radius 2 is 2.11 bits per heavy atom. The third-order valence-corrected chi connectivity index (χ3v) is 6.21. The number of aromatic nitrogens is 1. The van der Waals surface area contributed by atoms with Gasteiger partial charge in [0.1, 0.15) is 11.0 Å². The minimum absolute atomic E-state index is 0.0871. The highest BCUT2D eigenvalue weighted by Crippen LogP contribution is 2.28. The predicted molar refractivity (Wildman–Crippen MR) is 108 cm³/mol. The molecule has 1 aromatic carbocycles. The van der Waals surface area contributed by atoms with Crippen LogP contribution >= 0.6 is 11.3 Å². The number of thiazole rings is 1. The van der Waals surface area contributed by atoms with Crippen LogP contribution in [0.1, 0.15) is 23.4 Å². The van der Waals surface area contributed by atoms with E-state index in [1.54, 1.807) is 16.2 Å². The molecule has 5 nitrogen and oxygen atoms in total. The number of nitriles is 1. The fraction of sp³-hybridized carbons (Fsp3) is 0.476. The van der Waals surface area contributed by atoms with E-state index in [4.69, 9.17) is 4.98 Å². The number of likely N-dealkylation sites (N-methyl/N-ethyl adjacent to an activating group) is 1. The number of quaternary nitrogens is 1. The zero-order valence-corrected chi connectivity index (χ0v) is 17.1. The fourth-order valence-corrected chi connectivity index (χ4v) is 4.47. The Balaban J connectivity index is 1.61. The topological polar surface area (TPSA) is 57.0 Å². The molecular formula is C21H27N4OS+. The number of amides is 1. The molecule has 1 fully saturated rings. The lowest BCUT2D eigenvalue weighted by Gasteiger charge is -2.31. The van der Waals surface area contributed by atoms with Crippen molar-refractivity contribution in [2.24, 2.45) is 0 Å². The van der Waals surface area contributed by atoms with Crippen LogP contribution in [0.15, 0.2) is 30.3 Å². The monoisotopic (exact) mass is 383 g/mol. The molecule has 0 N–H and O–H groups in total. The molecule has 0 saturated carbocycles. The molecule has 2 heterocycles. The number of hydrogen-bond donors (Lipinski definition) is 0. The summed E-state index contributed by atoms with van der Waals surface area (Å²) in [6, 6.07) is 12.3. The zero-order valence-electron chi connectivity index (χ0n) is 16.3. The van der Waals surface area contributed by atoms with Crippen molar-refractivity contribution in [3.8, 4) is 16.6 Å². The molecule has 27 heavy (non-hydrogen) atoms. The number of hydrogen-bond acceptors (Lipinski definition) is 4. The second kappa shape index (κ2) is 8.20. The van der Waals surface area contributed by atoms with Gasteiger partial charge in [-0.15, -0.1) is 11.3 Å². The number of nitrogens with zero attached hydrogens (tertiary/aromatic N) is 4. The highest BCUT2D eigenvalue weighted by molar-refractivity contribution is 7.15. The second-order valence-electron chi connectivity index (χ2n) is 7.83. The van der Waals surface area contributed by atoms with Crippen LogP contribution in [0.5, 0.6) is 0 Å². The third-order valence-electron chi connectivity index (χ3n) is 5.15. The molecule has 0 bridgehead atoms. The van der Waals surface area contributed by atoms with Gasteiger partial charge < -0.3 is 9.38 Å². The van der Waals surface area contributed by atoms with Crippen molar-refractivity contribution in [2.75, 3.05) is 33.7 Å². The van der Waals surface area contributed by atoms with Crippen LogP contribution in [-0.4, -0.2) is 60.0 Å². The molecule has 3 rings (SSSR count). The summed E-state index contributed by atoms with van der Waals surface area (Å²) < 4.78 is 0.602. The Morgan fingerprint density at radius 1 is 1.37 bits per heavy atom. The van der Waals surface area contributed by atoms with Gasteiger partial charge in [-0.2, -0.15) is 5.26 Å². The van der Waals surface area contributed by atoms with Crippen molar-refractivity contribution in [1.29, 1.82) is 5.26 Å². The van der Waals surface area contributed by atoms with E-state index in [2.05, 4.69) is 39.2 Å². The Bertz CT molecular complexity index is 838. The van der Waals surface area contributed by atoms with E-state index >= 15 is 0 Å². The lowest BCUT2D eigenvalue weighted by atomic mass is 10.2. The van der Waals surface area contributed by atoms with Gasteiger partial charge in [-0.3, -0.25) is 4.79 Å². The molecular weight excluding hydrogens is 356 g/mol. The second-order valence-corrected chi connectivity index (χ2v) is 9.03. The maximum absolute atomic E-state index is 12.6. The van der Waals surface area contributed by atoms with Gasteiger partial charge in [-0.25, -0.2) is 4.98 Å². The van der Waals surface area contributed by atoms with Gasteiger partial charge in [0.15, 0.2) is 6.54 Å². The number of aryl methyl sites for hydroxylation is 1. The normalized spacial score (nSPS) is 17.1. The molecule has 1 amide bonds. The first-order chi connectivity index (χ1) is 12.9. The number of rotatable bonds is 6. The third kappa shape index (κ3) is 4.74. The molecule has 142 valence electrons. The van der Waals surface area contributed by atoms with E-state index in [1.807, 2.05) is 18.2 Å².